The highest BCUT2D eigenvalue weighted by Crippen LogP contribution is 2.25. The number of hydrogen-bond acceptors (Lipinski definition) is 3. The van der Waals surface area contributed by atoms with Crippen molar-refractivity contribution in [3.8, 4) is 0 Å². The largest absolute Gasteiger partial charge is 0.288 e. The lowest BCUT2D eigenvalue weighted by Crippen LogP contribution is -2.36. The SMILES string of the molecule is Cc1ccc(S(=O)(=O)N2CCCC=C2C(=O)/C=C/CCc2ccccc2)cc1. The summed E-state index contributed by atoms with van der Waals surface area (Å²) < 4.78 is 27.3. The molecule has 0 bridgehead atoms. The molecule has 1 aliphatic heterocycles. The van der Waals surface area contributed by atoms with Crippen LogP contribution in [0, 0.1) is 6.92 Å². The van der Waals surface area contributed by atoms with Crippen LogP contribution < -0.4 is 0 Å². The molecule has 2 aromatic carbocycles. The van der Waals surface area contributed by atoms with E-state index in [1.165, 1.54) is 15.9 Å². The van der Waals surface area contributed by atoms with Gasteiger partial charge in [0.25, 0.3) is 10.0 Å². The Morgan fingerprint density at radius 2 is 1.79 bits per heavy atom. The first-order valence-corrected chi connectivity index (χ1v) is 11.0. The normalized spacial score (nSPS) is 14.9. The van der Waals surface area contributed by atoms with Crippen LogP contribution in [-0.2, 0) is 21.2 Å². The molecule has 0 radical (unpaired) electrons. The van der Waals surface area contributed by atoms with Crippen molar-refractivity contribution >= 4 is 15.8 Å². The summed E-state index contributed by atoms with van der Waals surface area (Å²) in [6, 6.07) is 16.8. The Balaban J connectivity index is 1.72. The molecule has 28 heavy (non-hydrogen) atoms. The Morgan fingerprint density at radius 1 is 1.07 bits per heavy atom. The van der Waals surface area contributed by atoms with Crippen LogP contribution in [0.4, 0.5) is 0 Å². The second-order valence-electron chi connectivity index (χ2n) is 6.91. The molecule has 0 aliphatic carbocycles. The van der Waals surface area contributed by atoms with Gasteiger partial charge in [-0.2, -0.15) is 0 Å². The van der Waals surface area contributed by atoms with E-state index < -0.39 is 10.0 Å². The molecule has 1 heterocycles. The lowest BCUT2D eigenvalue weighted by Gasteiger charge is -2.28. The van der Waals surface area contributed by atoms with Gasteiger partial charge in [-0.15, -0.1) is 0 Å². The molecule has 5 heteroatoms. The summed E-state index contributed by atoms with van der Waals surface area (Å²) in [6.07, 6.45) is 8.04. The number of allylic oxidation sites excluding steroid dienone is 3. The van der Waals surface area contributed by atoms with Crippen LogP contribution in [0.2, 0.25) is 0 Å². The third-order valence-corrected chi connectivity index (χ3v) is 6.57. The second-order valence-corrected chi connectivity index (χ2v) is 8.78. The monoisotopic (exact) mass is 395 g/mol. The summed E-state index contributed by atoms with van der Waals surface area (Å²) in [6.45, 7) is 2.23. The number of aryl methyl sites for hydroxylation is 2. The molecule has 0 aromatic heterocycles. The van der Waals surface area contributed by atoms with E-state index >= 15 is 0 Å². The van der Waals surface area contributed by atoms with Crippen molar-refractivity contribution in [1.82, 2.24) is 4.31 Å². The number of carbonyl (C=O) groups is 1. The van der Waals surface area contributed by atoms with Crippen LogP contribution in [-0.4, -0.2) is 25.1 Å². The number of benzene rings is 2. The lowest BCUT2D eigenvalue weighted by molar-refractivity contribution is -0.112. The van der Waals surface area contributed by atoms with Crippen LogP contribution in [0.25, 0.3) is 0 Å². The molecular formula is C23H25NO3S. The van der Waals surface area contributed by atoms with E-state index in [0.717, 1.165) is 18.4 Å². The molecule has 0 saturated heterocycles. The van der Waals surface area contributed by atoms with E-state index in [1.54, 1.807) is 30.3 Å². The number of sulfonamides is 1. The van der Waals surface area contributed by atoms with Crippen molar-refractivity contribution in [2.75, 3.05) is 6.54 Å². The first-order valence-electron chi connectivity index (χ1n) is 9.53. The minimum absolute atomic E-state index is 0.215. The summed E-state index contributed by atoms with van der Waals surface area (Å²) in [5.41, 5.74) is 2.45. The number of rotatable bonds is 7. The molecule has 1 aliphatic rings. The third kappa shape index (κ3) is 4.78. The van der Waals surface area contributed by atoms with Gasteiger partial charge in [0.15, 0.2) is 0 Å². The van der Waals surface area contributed by atoms with Gasteiger partial charge in [-0.05, 0) is 56.4 Å². The highest BCUT2D eigenvalue weighted by Gasteiger charge is 2.30. The molecule has 0 N–H and O–H groups in total. The molecular weight excluding hydrogens is 370 g/mol. The topological polar surface area (TPSA) is 54.5 Å². The Kier molecular flexibility index (Phi) is 6.47. The van der Waals surface area contributed by atoms with Crippen molar-refractivity contribution in [1.29, 1.82) is 0 Å². The molecule has 2 aromatic rings. The first kappa shape index (κ1) is 20.1. The smallest absolute Gasteiger partial charge is 0.264 e. The number of hydrogen-bond donors (Lipinski definition) is 0. The highest BCUT2D eigenvalue weighted by molar-refractivity contribution is 7.89. The maximum absolute atomic E-state index is 13.0. The Labute approximate surface area is 167 Å². The fourth-order valence-electron chi connectivity index (χ4n) is 3.18. The summed E-state index contributed by atoms with van der Waals surface area (Å²) in [4.78, 5) is 12.9. The van der Waals surface area contributed by atoms with Crippen LogP contribution >= 0.6 is 0 Å². The van der Waals surface area contributed by atoms with Gasteiger partial charge in [0.1, 0.15) is 0 Å². The first-order chi connectivity index (χ1) is 13.5. The Morgan fingerprint density at radius 3 is 2.50 bits per heavy atom. The summed E-state index contributed by atoms with van der Waals surface area (Å²) >= 11 is 0. The molecule has 0 fully saturated rings. The van der Waals surface area contributed by atoms with E-state index in [-0.39, 0.29) is 16.4 Å². The molecule has 4 nitrogen and oxygen atoms in total. The molecule has 0 spiro atoms. The number of carbonyl (C=O) groups excluding carboxylic acids is 1. The maximum atomic E-state index is 13.0. The minimum Gasteiger partial charge on any atom is -0.288 e. The molecule has 0 unspecified atom stereocenters. The second kappa shape index (κ2) is 9.02. The van der Waals surface area contributed by atoms with Crippen molar-refractivity contribution < 1.29 is 13.2 Å². The van der Waals surface area contributed by atoms with Crippen LogP contribution in [0.5, 0.6) is 0 Å². The molecule has 0 atom stereocenters. The van der Waals surface area contributed by atoms with Gasteiger partial charge in [-0.3, -0.25) is 9.10 Å². The van der Waals surface area contributed by atoms with Gasteiger partial charge in [0, 0.05) is 6.54 Å². The summed E-state index contributed by atoms with van der Waals surface area (Å²) in [7, 11) is -3.74. The Bertz CT molecular complexity index is 974. The fraction of sp³-hybridized carbons (Fsp3) is 0.261. The zero-order valence-electron chi connectivity index (χ0n) is 16.0. The highest BCUT2D eigenvalue weighted by atomic mass is 32.2. The standard InChI is InChI=1S/C23H25NO3S/c1-19-14-16-21(17-15-19)28(26,27)24-18-8-7-12-22(24)23(25)13-6-5-11-20-9-3-2-4-10-20/h2-4,6,9-10,12-17H,5,7-8,11,18H2,1H3/b13-6+. The molecule has 0 amide bonds. The van der Waals surface area contributed by atoms with Crippen LogP contribution in [0.1, 0.15) is 30.4 Å². The van der Waals surface area contributed by atoms with Gasteiger partial charge >= 0.3 is 0 Å². The van der Waals surface area contributed by atoms with Gasteiger partial charge in [0.2, 0.25) is 5.78 Å². The third-order valence-electron chi connectivity index (χ3n) is 4.74. The summed E-state index contributed by atoms with van der Waals surface area (Å²) in [5, 5.41) is 0. The Hall–Kier alpha value is -2.66. The van der Waals surface area contributed by atoms with E-state index in [2.05, 4.69) is 12.1 Å². The van der Waals surface area contributed by atoms with Gasteiger partial charge in [-0.25, -0.2) is 8.42 Å². The van der Waals surface area contributed by atoms with Crippen molar-refractivity contribution in [2.24, 2.45) is 0 Å². The maximum Gasteiger partial charge on any atom is 0.264 e. The van der Waals surface area contributed by atoms with Crippen LogP contribution in [0.3, 0.4) is 0 Å². The zero-order chi connectivity index (χ0) is 20.0. The minimum atomic E-state index is -3.74. The molecule has 3 rings (SSSR count). The average Bonchev–Trinajstić information content (AvgIpc) is 2.72. The van der Waals surface area contributed by atoms with Crippen molar-refractivity contribution in [2.45, 2.75) is 37.5 Å². The lowest BCUT2D eigenvalue weighted by atomic mass is 10.1. The average molecular weight is 396 g/mol. The van der Waals surface area contributed by atoms with Crippen LogP contribution in [0.15, 0.2) is 83.4 Å². The van der Waals surface area contributed by atoms with E-state index in [0.29, 0.717) is 19.4 Å². The van der Waals surface area contributed by atoms with E-state index in [9.17, 15) is 13.2 Å². The quantitative estimate of drug-likeness (QED) is 0.652. The number of nitrogens with zero attached hydrogens (tertiary/aromatic N) is 1. The van der Waals surface area contributed by atoms with E-state index in [4.69, 9.17) is 0 Å². The fourth-order valence-corrected chi connectivity index (χ4v) is 4.70. The van der Waals surface area contributed by atoms with Crippen molar-refractivity contribution in [3.05, 3.63) is 89.6 Å². The molecule has 146 valence electrons. The van der Waals surface area contributed by atoms with Gasteiger partial charge < -0.3 is 0 Å². The van der Waals surface area contributed by atoms with Gasteiger partial charge in [0.05, 0.1) is 10.6 Å². The number of ketones is 1. The van der Waals surface area contributed by atoms with Gasteiger partial charge in [-0.1, -0.05) is 60.2 Å². The predicted octanol–water partition coefficient (Wildman–Crippen LogP) is 4.42. The van der Waals surface area contributed by atoms with Crippen molar-refractivity contribution in [3.63, 3.8) is 0 Å². The van der Waals surface area contributed by atoms with E-state index in [1.807, 2.05) is 31.2 Å². The summed E-state index contributed by atoms with van der Waals surface area (Å²) in [5.74, 6) is -0.261. The zero-order valence-corrected chi connectivity index (χ0v) is 16.9. The molecule has 0 saturated carbocycles. The predicted molar refractivity (Wildman–Crippen MR) is 111 cm³/mol.